The van der Waals surface area contributed by atoms with E-state index in [2.05, 4.69) is 30.3 Å². The average molecular weight is 978 g/mol. The van der Waals surface area contributed by atoms with E-state index in [4.69, 9.17) is 8.83 Å². The van der Waals surface area contributed by atoms with E-state index in [0.717, 1.165) is 99.8 Å². The van der Waals surface area contributed by atoms with E-state index in [1.807, 2.05) is 155 Å². The summed E-state index contributed by atoms with van der Waals surface area (Å²) < 4.78 is 104. The van der Waals surface area contributed by atoms with E-state index in [1.165, 1.54) is 12.1 Å². The minimum atomic E-state index is -5.10. The van der Waals surface area contributed by atoms with Gasteiger partial charge in [0.05, 0.1) is 44.6 Å². The quantitative estimate of drug-likeness (QED) is 0.161. The molecule has 0 bridgehead atoms. The summed E-state index contributed by atoms with van der Waals surface area (Å²) >= 11 is 0. The molecule has 4 heterocycles. The minimum Gasteiger partial charge on any atom is -0.456 e. The van der Waals surface area contributed by atoms with Crippen LogP contribution >= 0.6 is 0 Å². The van der Waals surface area contributed by atoms with Crippen molar-refractivity contribution < 1.29 is 35.2 Å². The molecule has 0 aliphatic heterocycles. The van der Waals surface area contributed by atoms with Gasteiger partial charge in [0.15, 0.2) is 0 Å². The van der Waals surface area contributed by atoms with Gasteiger partial charge in [0.25, 0.3) is 0 Å². The number of rotatable bonds is 5. The van der Waals surface area contributed by atoms with Gasteiger partial charge in [-0.05, 0) is 137 Å². The molecule has 0 aliphatic carbocycles. The Morgan fingerprint density at radius 2 is 0.676 bits per heavy atom. The van der Waals surface area contributed by atoms with Gasteiger partial charge in [0, 0.05) is 43.1 Å². The first-order valence-corrected chi connectivity index (χ1v) is 23.7. The van der Waals surface area contributed by atoms with Gasteiger partial charge in [-0.1, -0.05) is 97.1 Å². The summed E-state index contributed by atoms with van der Waals surface area (Å²) in [5.74, 6) is 0. The molecule has 0 saturated carbocycles. The zero-order valence-electron chi connectivity index (χ0n) is 38.5. The van der Waals surface area contributed by atoms with Crippen molar-refractivity contribution in [2.45, 2.75) is 12.4 Å². The first-order chi connectivity index (χ1) is 35.9. The molecule has 0 aliphatic rings. The number of nitriles is 1. The first kappa shape index (κ1) is 43.3. The van der Waals surface area contributed by atoms with Crippen molar-refractivity contribution in [3.8, 4) is 50.8 Å². The van der Waals surface area contributed by atoms with Crippen molar-refractivity contribution in [2.24, 2.45) is 0 Å². The Kier molecular flexibility index (Phi) is 9.20. The lowest BCUT2D eigenvalue weighted by atomic mass is 9.96. The summed E-state index contributed by atoms with van der Waals surface area (Å²) in [6, 6.07) is 62.0. The Morgan fingerprint density at radius 1 is 0.324 bits per heavy atom. The lowest BCUT2D eigenvalue weighted by molar-refractivity contribution is -0.143. The lowest BCUT2D eigenvalue weighted by Gasteiger charge is -2.20. The van der Waals surface area contributed by atoms with E-state index in [-0.39, 0.29) is 34.1 Å². The Bertz CT molecular complexity index is 4450. The molecule has 14 rings (SSSR count). The normalized spacial score (nSPS) is 12.4. The highest BCUT2D eigenvalue weighted by Crippen LogP contribution is 2.45. The van der Waals surface area contributed by atoms with Crippen LogP contribution in [0.2, 0.25) is 0 Å². The summed E-state index contributed by atoms with van der Waals surface area (Å²) in [6.07, 6.45) is -10.2. The first-order valence-electron chi connectivity index (χ1n) is 23.7. The van der Waals surface area contributed by atoms with Gasteiger partial charge in [-0.2, -0.15) is 31.6 Å². The monoisotopic (exact) mass is 977 g/mol. The average Bonchev–Trinajstić information content (AvgIpc) is 4.17. The number of aromatic nitrogens is 2. The van der Waals surface area contributed by atoms with Crippen LogP contribution in [0.1, 0.15) is 16.7 Å². The van der Waals surface area contributed by atoms with Crippen molar-refractivity contribution in [1.29, 1.82) is 5.26 Å². The molecular weight excluding hydrogens is 945 g/mol. The van der Waals surface area contributed by atoms with Crippen LogP contribution in [0.3, 0.4) is 0 Å². The topological polar surface area (TPSA) is 59.9 Å². The third-order valence-electron chi connectivity index (χ3n) is 14.4. The number of hydrogen-bond donors (Lipinski definition) is 0. The fourth-order valence-corrected chi connectivity index (χ4v) is 11.0. The molecule has 11 heteroatoms. The van der Waals surface area contributed by atoms with E-state index < -0.39 is 23.5 Å². The highest BCUT2D eigenvalue weighted by Gasteiger charge is 2.37. The van der Waals surface area contributed by atoms with Gasteiger partial charge >= 0.3 is 12.4 Å². The lowest BCUT2D eigenvalue weighted by Crippen LogP contribution is -2.11. The molecule has 0 spiro atoms. The van der Waals surface area contributed by atoms with Crippen molar-refractivity contribution in [3.63, 3.8) is 0 Å². The molecule has 0 unspecified atom stereocenters. The smallest absolute Gasteiger partial charge is 0.416 e. The van der Waals surface area contributed by atoms with Crippen molar-refractivity contribution >= 4 is 87.5 Å². The van der Waals surface area contributed by atoms with E-state index in [0.29, 0.717) is 22.1 Å². The third kappa shape index (κ3) is 6.65. The molecule has 74 heavy (non-hydrogen) atoms. The van der Waals surface area contributed by atoms with E-state index >= 15 is 0 Å². The van der Waals surface area contributed by atoms with Gasteiger partial charge in [0.1, 0.15) is 34.0 Å². The van der Waals surface area contributed by atoms with Crippen LogP contribution in [0.5, 0.6) is 0 Å². The predicted octanol–water partition coefficient (Wildman–Crippen LogP) is 18.6. The van der Waals surface area contributed by atoms with Crippen LogP contribution in [0.25, 0.3) is 132 Å². The molecule has 0 N–H and O–H groups in total. The Balaban J connectivity index is 1.03. The number of fused-ring (bicyclic) bond motifs is 12. The zero-order valence-corrected chi connectivity index (χ0v) is 38.5. The summed E-state index contributed by atoms with van der Waals surface area (Å²) in [7, 11) is 0. The maximum atomic E-state index is 14.6. The van der Waals surface area contributed by atoms with Crippen LogP contribution in [0.15, 0.2) is 209 Å². The van der Waals surface area contributed by atoms with Crippen molar-refractivity contribution in [3.05, 3.63) is 217 Å². The molecular formula is C63H33F6N3O2. The molecule has 0 fully saturated rings. The van der Waals surface area contributed by atoms with Crippen molar-refractivity contribution in [2.75, 3.05) is 0 Å². The van der Waals surface area contributed by atoms with Crippen molar-refractivity contribution in [1.82, 2.24) is 9.13 Å². The number of benzene rings is 10. The second kappa shape index (κ2) is 15.7. The second-order valence-corrected chi connectivity index (χ2v) is 18.6. The predicted molar refractivity (Wildman–Crippen MR) is 281 cm³/mol. The molecule has 354 valence electrons. The van der Waals surface area contributed by atoms with Crippen LogP contribution in [-0.4, -0.2) is 9.13 Å². The number of nitrogens with zero attached hydrogens (tertiary/aromatic N) is 3. The second-order valence-electron chi connectivity index (χ2n) is 18.6. The number of furan rings is 2. The van der Waals surface area contributed by atoms with Crippen LogP contribution in [-0.2, 0) is 12.4 Å². The van der Waals surface area contributed by atoms with Gasteiger partial charge in [-0.3, -0.25) is 0 Å². The molecule has 4 aromatic heterocycles. The summed E-state index contributed by atoms with van der Waals surface area (Å²) in [5, 5.41) is 18.7. The number of alkyl halides is 6. The highest BCUT2D eigenvalue weighted by molar-refractivity contribution is 6.14. The molecule has 0 amide bonds. The standard InChI is InChI=1S/C63H33F6N3O2/c64-62(65,66)41-25-39(26-42(33-41)63(67,68)69)40-31-56(71-52-13-5-1-9-43(52)47-27-35(17-21-54(47)71)37-19-23-60-49(29-37)45-11-3-7-15-58(45)73-60)51(34-70)57(32-40)72-53-14-6-2-10-44(53)48-28-36(18-22-55(48)72)38-20-24-61-50(30-38)46-12-4-8-16-59(46)74-61/h1-33H. The van der Waals surface area contributed by atoms with E-state index in [9.17, 15) is 31.6 Å². The fraction of sp³-hybridized carbons (Fsp3) is 0.0317. The van der Waals surface area contributed by atoms with Crippen LogP contribution in [0.4, 0.5) is 26.3 Å². The Hall–Kier alpha value is -9.53. The molecule has 0 atom stereocenters. The zero-order chi connectivity index (χ0) is 50.2. The van der Waals surface area contributed by atoms with Gasteiger partial charge in [-0.15, -0.1) is 0 Å². The fourth-order valence-electron chi connectivity index (χ4n) is 11.0. The van der Waals surface area contributed by atoms with Gasteiger partial charge in [-0.25, -0.2) is 0 Å². The van der Waals surface area contributed by atoms with Gasteiger partial charge < -0.3 is 18.0 Å². The SMILES string of the molecule is N#Cc1c(-n2c3ccccc3c3cc(-c4ccc5oc6ccccc6c5c4)ccc32)cc(-c2cc(C(F)(F)F)cc(C(F)(F)F)c2)cc1-n1c2ccccc2c2cc(-c3ccc4oc5ccccc5c4c3)ccc21. The third-order valence-corrected chi connectivity index (χ3v) is 14.4. The molecule has 5 nitrogen and oxygen atoms in total. The summed E-state index contributed by atoms with van der Waals surface area (Å²) in [5.41, 5.74) is 6.86. The number of halogens is 6. The Morgan fingerprint density at radius 3 is 1.11 bits per heavy atom. The number of hydrogen-bond acceptors (Lipinski definition) is 3. The minimum absolute atomic E-state index is 0.0389. The van der Waals surface area contributed by atoms with Crippen LogP contribution < -0.4 is 0 Å². The van der Waals surface area contributed by atoms with Gasteiger partial charge in [0.2, 0.25) is 0 Å². The van der Waals surface area contributed by atoms with Crippen LogP contribution in [0, 0.1) is 11.3 Å². The summed E-state index contributed by atoms with van der Waals surface area (Å²) in [4.78, 5) is 0. The Labute approximate surface area is 415 Å². The molecule has 10 aromatic carbocycles. The molecule has 0 saturated heterocycles. The maximum Gasteiger partial charge on any atom is 0.416 e. The largest absolute Gasteiger partial charge is 0.456 e. The highest BCUT2D eigenvalue weighted by atomic mass is 19.4. The molecule has 14 aromatic rings. The number of para-hydroxylation sites is 4. The maximum absolute atomic E-state index is 14.6. The summed E-state index contributed by atoms with van der Waals surface area (Å²) in [6.45, 7) is 0. The van der Waals surface area contributed by atoms with E-state index in [1.54, 1.807) is 0 Å². The molecule has 0 radical (unpaired) electrons.